The normalized spacial score (nSPS) is 32.6. The Morgan fingerprint density at radius 2 is 0.920 bits per heavy atom. The number of fused-ring (bicyclic) bond motifs is 5. The lowest BCUT2D eigenvalue weighted by Crippen LogP contribution is -2.48. The highest BCUT2D eigenvalue weighted by Crippen LogP contribution is 2.63. The van der Waals surface area contributed by atoms with E-state index in [-0.39, 0.29) is 0 Å². The van der Waals surface area contributed by atoms with Gasteiger partial charge in [0.2, 0.25) is 0 Å². The van der Waals surface area contributed by atoms with Crippen LogP contribution in [0.4, 0.5) is 0 Å². The zero-order valence-electron chi connectivity index (χ0n) is 13.5. The minimum atomic E-state index is -1.06. The third-order valence-corrected chi connectivity index (χ3v) is 5.59. The number of hydrogen-bond donors (Lipinski definition) is 2. The molecule has 0 aliphatic carbocycles. The summed E-state index contributed by atoms with van der Waals surface area (Å²) >= 11 is 0. The van der Waals surface area contributed by atoms with E-state index >= 15 is 0 Å². The summed E-state index contributed by atoms with van der Waals surface area (Å²) in [7, 11) is 0. The van der Waals surface area contributed by atoms with Crippen molar-refractivity contribution < 1.29 is 14.9 Å². The standard InChI is InChI=1S/C22H18O3/c23-19-20(24)22(16-11-5-2-6-12-16)18-14-8-7-13-17(18)21(19,25-22)15-9-3-1-4-10-15/h1-14,19-20,23-24H/t19-,20+,21-,22-/m1/s1. The monoisotopic (exact) mass is 330 g/mol. The molecule has 1 saturated heterocycles. The molecule has 0 amide bonds. The molecule has 3 heteroatoms. The van der Waals surface area contributed by atoms with Crippen molar-refractivity contribution in [3.05, 3.63) is 107 Å². The summed E-state index contributed by atoms with van der Waals surface area (Å²) in [6.07, 6.45) is -2.10. The highest BCUT2D eigenvalue weighted by molar-refractivity contribution is 5.58. The zero-order chi connectivity index (χ0) is 17.1. The van der Waals surface area contributed by atoms with E-state index in [0.717, 1.165) is 22.3 Å². The average Bonchev–Trinajstić information content (AvgIpc) is 3.13. The number of aliphatic hydroxyl groups excluding tert-OH is 2. The molecule has 3 aromatic rings. The van der Waals surface area contributed by atoms with Crippen LogP contribution in [0.2, 0.25) is 0 Å². The van der Waals surface area contributed by atoms with Crippen LogP contribution in [-0.2, 0) is 15.9 Å². The summed E-state index contributed by atoms with van der Waals surface area (Å²) in [5, 5.41) is 22.2. The van der Waals surface area contributed by atoms with Gasteiger partial charge in [-0.2, -0.15) is 0 Å². The fourth-order valence-electron chi connectivity index (χ4n) is 4.52. The van der Waals surface area contributed by atoms with E-state index in [4.69, 9.17) is 4.74 Å². The van der Waals surface area contributed by atoms with Crippen molar-refractivity contribution in [2.75, 3.05) is 0 Å². The summed E-state index contributed by atoms with van der Waals surface area (Å²) in [5.74, 6) is 0. The molecule has 25 heavy (non-hydrogen) atoms. The number of ether oxygens (including phenoxy) is 1. The highest BCUT2D eigenvalue weighted by atomic mass is 16.6. The number of aliphatic hydroxyl groups is 2. The van der Waals surface area contributed by atoms with Crippen LogP contribution in [0.3, 0.4) is 0 Å². The average molecular weight is 330 g/mol. The SMILES string of the molecule is O[C@@H]1[C@H](O)[C@]2(c3ccccc3)O[C@]1(c1ccccc1)c1ccccc12. The van der Waals surface area contributed by atoms with E-state index in [1.807, 2.05) is 84.9 Å². The van der Waals surface area contributed by atoms with Crippen LogP contribution in [0.15, 0.2) is 84.9 Å². The van der Waals surface area contributed by atoms with Gasteiger partial charge < -0.3 is 14.9 Å². The van der Waals surface area contributed by atoms with Crippen LogP contribution >= 0.6 is 0 Å². The molecule has 0 radical (unpaired) electrons. The van der Waals surface area contributed by atoms with Crippen LogP contribution < -0.4 is 0 Å². The van der Waals surface area contributed by atoms with Crippen molar-refractivity contribution >= 4 is 0 Å². The molecule has 5 rings (SSSR count). The van der Waals surface area contributed by atoms with Crippen LogP contribution in [-0.4, -0.2) is 22.4 Å². The second-order valence-electron chi connectivity index (χ2n) is 6.74. The van der Waals surface area contributed by atoms with Crippen molar-refractivity contribution in [1.82, 2.24) is 0 Å². The number of rotatable bonds is 2. The Morgan fingerprint density at radius 3 is 1.32 bits per heavy atom. The van der Waals surface area contributed by atoms with Gasteiger partial charge in [-0.25, -0.2) is 0 Å². The molecular weight excluding hydrogens is 312 g/mol. The Kier molecular flexibility index (Phi) is 2.98. The Balaban J connectivity index is 1.85. The first-order valence-corrected chi connectivity index (χ1v) is 8.48. The zero-order valence-corrected chi connectivity index (χ0v) is 13.5. The fourth-order valence-corrected chi connectivity index (χ4v) is 4.52. The third kappa shape index (κ3) is 1.65. The molecule has 3 nitrogen and oxygen atoms in total. The van der Waals surface area contributed by atoms with E-state index in [2.05, 4.69) is 0 Å². The topological polar surface area (TPSA) is 49.7 Å². The van der Waals surface area contributed by atoms with E-state index in [0.29, 0.717) is 0 Å². The smallest absolute Gasteiger partial charge is 0.149 e. The largest absolute Gasteiger partial charge is 0.386 e. The van der Waals surface area contributed by atoms with Crippen molar-refractivity contribution in [1.29, 1.82) is 0 Å². The second-order valence-corrected chi connectivity index (χ2v) is 6.74. The molecule has 0 spiro atoms. The fraction of sp³-hybridized carbons (Fsp3) is 0.182. The number of hydrogen-bond acceptors (Lipinski definition) is 3. The molecule has 4 atom stereocenters. The Labute approximate surface area is 146 Å². The van der Waals surface area contributed by atoms with Crippen LogP contribution in [0, 0.1) is 0 Å². The van der Waals surface area contributed by atoms with Gasteiger partial charge in [0.15, 0.2) is 0 Å². The summed E-state index contributed by atoms with van der Waals surface area (Å²) < 4.78 is 6.61. The lowest BCUT2D eigenvalue weighted by Gasteiger charge is -2.35. The predicted molar refractivity (Wildman–Crippen MR) is 94.0 cm³/mol. The Morgan fingerprint density at radius 1 is 0.560 bits per heavy atom. The Hall–Kier alpha value is -2.46. The molecule has 0 saturated carbocycles. The van der Waals surface area contributed by atoms with Gasteiger partial charge in [0.1, 0.15) is 23.4 Å². The second kappa shape index (κ2) is 5.02. The van der Waals surface area contributed by atoms with Crippen molar-refractivity contribution in [3.8, 4) is 0 Å². The molecule has 2 aliphatic heterocycles. The van der Waals surface area contributed by atoms with Gasteiger partial charge in [0, 0.05) is 0 Å². The minimum Gasteiger partial charge on any atom is -0.386 e. The summed E-state index contributed by atoms with van der Waals surface area (Å²) in [5.41, 5.74) is 1.42. The molecule has 2 heterocycles. The first kappa shape index (κ1) is 14.8. The highest BCUT2D eigenvalue weighted by Gasteiger charge is 2.70. The van der Waals surface area contributed by atoms with Gasteiger partial charge in [-0.3, -0.25) is 0 Å². The number of benzene rings is 3. The maximum atomic E-state index is 11.1. The maximum Gasteiger partial charge on any atom is 0.149 e. The summed E-state index contributed by atoms with van der Waals surface area (Å²) in [6.45, 7) is 0. The lowest BCUT2D eigenvalue weighted by molar-refractivity contribution is -0.0736. The molecule has 3 aromatic carbocycles. The van der Waals surface area contributed by atoms with Crippen molar-refractivity contribution in [2.24, 2.45) is 0 Å². The first-order valence-electron chi connectivity index (χ1n) is 8.48. The van der Waals surface area contributed by atoms with Crippen LogP contribution in [0.25, 0.3) is 0 Å². The predicted octanol–water partition coefficient (Wildman–Crippen LogP) is 2.94. The van der Waals surface area contributed by atoms with Gasteiger partial charge in [-0.15, -0.1) is 0 Å². The van der Waals surface area contributed by atoms with Crippen molar-refractivity contribution in [2.45, 2.75) is 23.4 Å². The van der Waals surface area contributed by atoms with Crippen LogP contribution in [0.1, 0.15) is 22.3 Å². The molecule has 0 aromatic heterocycles. The summed E-state index contributed by atoms with van der Waals surface area (Å²) in [4.78, 5) is 0. The molecular formula is C22H18O3. The molecule has 124 valence electrons. The van der Waals surface area contributed by atoms with Gasteiger partial charge in [-0.1, -0.05) is 84.9 Å². The molecule has 2 N–H and O–H groups in total. The van der Waals surface area contributed by atoms with E-state index in [1.165, 1.54) is 0 Å². The van der Waals surface area contributed by atoms with Crippen molar-refractivity contribution in [3.63, 3.8) is 0 Å². The minimum absolute atomic E-state index is 0.851. The van der Waals surface area contributed by atoms with Gasteiger partial charge in [0.05, 0.1) is 0 Å². The quantitative estimate of drug-likeness (QED) is 0.759. The van der Waals surface area contributed by atoms with Gasteiger partial charge >= 0.3 is 0 Å². The van der Waals surface area contributed by atoms with Gasteiger partial charge in [0.25, 0.3) is 0 Å². The molecule has 1 fully saturated rings. The molecule has 2 bridgehead atoms. The first-order chi connectivity index (χ1) is 12.2. The lowest BCUT2D eigenvalue weighted by atomic mass is 9.68. The maximum absolute atomic E-state index is 11.1. The van der Waals surface area contributed by atoms with Gasteiger partial charge in [-0.05, 0) is 22.3 Å². The third-order valence-electron chi connectivity index (χ3n) is 5.59. The van der Waals surface area contributed by atoms with Crippen LogP contribution in [0.5, 0.6) is 0 Å². The van der Waals surface area contributed by atoms with E-state index in [9.17, 15) is 10.2 Å². The summed E-state index contributed by atoms with van der Waals surface area (Å²) in [6, 6.07) is 27.2. The van der Waals surface area contributed by atoms with E-state index in [1.54, 1.807) is 0 Å². The molecule has 2 aliphatic rings. The van der Waals surface area contributed by atoms with E-state index < -0.39 is 23.4 Å². The Bertz CT molecular complexity index is 848. The molecule has 0 unspecified atom stereocenters.